The third-order valence-electron chi connectivity index (χ3n) is 4.44. The number of H-pyrrole nitrogens is 1. The van der Waals surface area contributed by atoms with Gasteiger partial charge in [0.2, 0.25) is 0 Å². The standard InChI is InChI=1S/C12H16N2.C8H16O2/c1-10-4-3-5-12(2,8-10)9-11-13-6-7-14-11;1-3-5-6-7(4-2)8(9)10/h3-7H,8-9H2,1-2H3,(H,13,14);7H,3-6H2,1-2H3,(H,9,10). The number of aliphatic carboxylic acids is 1. The van der Waals surface area contributed by atoms with Crippen molar-refractivity contribution in [2.24, 2.45) is 11.3 Å². The molecule has 0 fully saturated rings. The van der Waals surface area contributed by atoms with Gasteiger partial charge in [0.15, 0.2) is 0 Å². The molecule has 0 saturated carbocycles. The Bertz CT molecular complexity index is 546. The second-order valence-corrected chi connectivity index (χ2v) is 7.00. The van der Waals surface area contributed by atoms with Crippen molar-refractivity contribution >= 4 is 5.97 Å². The van der Waals surface area contributed by atoms with Crippen molar-refractivity contribution in [2.45, 2.75) is 66.2 Å². The summed E-state index contributed by atoms with van der Waals surface area (Å²) in [6.45, 7) is 8.47. The van der Waals surface area contributed by atoms with E-state index in [0.717, 1.165) is 44.3 Å². The Morgan fingerprint density at radius 3 is 2.71 bits per heavy atom. The average Bonchev–Trinajstić information content (AvgIpc) is 3.00. The van der Waals surface area contributed by atoms with Gasteiger partial charge in [-0.05, 0) is 31.6 Å². The Labute approximate surface area is 146 Å². The fourth-order valence-electron chi connectivity index (χ4n) is 3.05. The normalized spacial score (nSPS) is 20.8. The van der Waals surface area contributed by atoms with E-state index in [1.807, 2.05) is 19.3 Å². The van der Waals surface area contributed by atoms with E-state index in [4.69, 9.17) is 5.11 Å². The molecule has 0 radical (unpaired) electrons. The summed E-state index contributed by atoms with van der Waals surface area (Å²) in [7, 11) is 0. The van der Waals surface area contributed by atoms with Crippen LogP contribution in [0.2, 0.25) is 0 Å². The zero-order valence-corrected chi connectivity index (χ0v) is 15.5. The summed E-state index contributed by atoms with van der Waals surface area (Å²) >= 11 is 0. The van der Waals surface area contributed by atoms with Crippen LogP contribution in [0.5, 0.6) is 0 Å². The molecule has 1 aliphatic carbocycles. The molecule has 0 spiro atoms. The molecule has 1 aromatic heterocycles. The van der Waals surface area contributed by atoms with Crippen LogP contribution in [0, 0.1) is 11.3 Å². The van der Waals surface area contributed by atoms with Crippen LogP contribution < -0.4 is 0 Å². The molecule has 1 heterocycles. The number of carboxylic acids is 1. The van der Waals surface area contributed by atoms with Crippen LogP contribution in [0.3, 0.4) is 0 Å². The first-order chi connectivity index (χ1) is 11.4. The molecule has 0 aliphatic heterocycles. The number of nitrogens with zero attached hydrogens (tertiary/aromatic N) is 1. The fourth-order valence-corrected chi connectivity index (χ4v) is 3.05. The molecule has 1 aliphatic rings. The molecular formula is C20H32N2O2. The van der Waals surface area contributed by atoms with Crippen molar-refractivity contribution < 1.29 is 9.90 Å². The van der Waals surface area contributed by atoms with Gasteiger partial charge in [-0.3, -0.25) is 4.79 Å². The maximum atomic E-state index is 10.4. The van der Waals surface area contributed by atoms with Crippen LogP contribution in [-0.2, 0) is 11.2 Å². The Morgan fingerprint density at radius 2 is 2.21 bits per heavy atom. The van der Waals surface area contributed by atoms with Gasteiger partial charge in [-0.2, -0.15) is 0 Å². The van der Waals surface area contributed by atoms with Crippen LogP contribution in [0.1, 0.15) is 65.6 Å². The van der Waals surface area contributed by atoms with Crippen LogP contribution in [-0.4, -0.2) is 21.0 Å². The number of nitrogens with one attached hydrogen (secondary N) is 1. The highest BCUT2D eigenvalue weighted by Crippen LogP contribution is 2.33. The Hall–Kier alpha value is -1.84. The van der Waals surface area contributed by atoms with Gasteiger partial charge in [-0.1, -0.05) is 57.4 Å². The number of hydrogen-bond acceptors (Lipinski definition) is 2. The topological polar surface area (TPSA) is 66.0 Å². The van der Waals surface area contributed by atoms with Gasteiger partial charge >= 0.3 is 5.97 Å². The number of rotatable bonds is 7. The maximum Gasteiger partial charge on any atom is 0.306 e. The SMILES string of the molecule is CC1=CC=CC(C)(Cc2ncc[nH]2)C1.CCCCC(CC)C(=O)O. The number of carboxylic acid groups (broad SMARTS) is 1. The summed E-state index contributed by atoms with van der Waals surface area (Å²) in [6.07, 6.45) is 16.1. The number of carbonyl (C=O) groups is 1. The molecule has 134 valence electrons. The molecule has 0 amide bonds. The maximum absolute atomic E-state index is 10.4. The lowest BCUT2D eigenvalue weighted by Gasteiger charge is -2.27. The van der Waals surface area contributed by atoms with E-state index < -0.39 is 5.97 Å². The van der Waals surface area contributed by atoms with Crippen LogP contribution >= 0.6 is 0 Å². The first-order valence-electron chi connectivity index (χ1n) is 8.96. The first kappa shape index (κ1) is 20.2. The molecule has 2 rings (SSSR count). The summed E-state index contributed by atoms with van der Waals surface area (Å²) in [5.74, 6) is 0.322. The number of aromatic nitrogens is 2. The first-order valence-corrected chi connectivity index (χ1v) is 8.96. The van der Waals surface area contributed by atoms with Crippen LogP contribution in [0.25, 0.3) is 0 Å². The summed E-state index contributed by atoms with van der Waals surface area (Å²) in [4.78, 5) is 17.9. The minimum Gasteiger partial charge on any atom is -0.481 e. The lowest BCUT2D eigenvalue weighted by Crippen LogP contribution is -2.19. The van der Waals surface area contributed by atoms with Crippen molar-refractivity contribution in [3.8, 4) is 0 Å². The second-order valence-electron chi connectivity index (χ2n) is 7.00. The molecule has 4 nitrogen and oxygen atoms in total. The van der Waals surface area contributed by atoms with Crippen LogP contribution in [0.15, 0.2) is 36.2 Å². The molecule has 0 saturated heterocycles. The van der Waals surface area contributed by atoms with Gasteiger partial charge in [-0.25, -0.2) is 4.98 Å². The van der Waals surface area contributed by atoms with E-state index in [0.29, 0.717) is 0 Å². The number of imidazole rings is 1. The number of allylic oxidation sites excluding steroid dienone is 4. The minimum atomic E-state index is -0.643. The number of unbranched alkanes of at least 4 members (excludes halogenated alkanes) is 1. The zero-order chi connectivity index (χ0) is 18.0. The summed E-state index contributed by atoms with van der Waals surface area (Å²) in [5, 5.41) is 8.60. The molecule has 0 aromatic carbocycles. The van der Waals surface area contributed by atoms with Gasteiger partial charge in [0, 0.05) is 18.8 Å². The lowest BCUT2D eigenvalue weighted by molar-refractivity contribution is -0.142. The van der Waals surface area contributed by atoms with Crippen molar-refractivity contribution in [1.29, 1.82) is 0 Å². The Balaban J connectivity index is 0.000000257. The minimum absolute atomic E-state index is 0.111. The largest absolute Gasteiger partial charge is 0.481 e. The number of aromatic amines is 1. The Morgan fingerprint density at radius 1 is 1.46 bits per heavy atom. The van der Waals surface area contributed by atoms with Crippen molar-refractivity contribution in [3.05, 3.63) is 42.0 Å². The zero-order valence-electron chi connectivity index (χ0n) is 15.5. The lowest BCUT2D eigenvalue weighted by atomic mass is 9.78. The van der Waals surface area contributed by atoms with Gasteiger partial charge in [0.25, 0.3) is 0 Å². The summed E-state index contributed by atoms with van der Waals surface area (Å²) < 4.78 is 0. The molecule has 2 N–H and O–H groups in total. The highest BCUT2D eigenvalue weighted by atomic mass is 16.4. The highest BCUT2D eigenvalue weighted by Gasteiger charge is 2.24. The third kappa shape index (κ3) is 7.16. The van der Waals surface area contributed by atoms with Gasteiger partial charge in [0.1, 0.15) is 5.82 Å². The second kappa shape index (κ2) is 10.1. The molecule has 2 atom stereocenters. The van der Waals surface area contributed by atoms with Gasteiger partial charge < -0.3 is 10.1 Å². The quantitative estimate of drug-likeness (QED) is 0.725. The predicted molar refractivity (Wildman–Crippen MR) is 98.9 cm³/mol. The molecule has 1 aromatic rings. The van der Waals surface area contributed by atoms with E-state index in [-0.39, 0.29) is 11.3 Å². The van der Waals surface area contributed by atoms with Crippen molar-refractivity contribution in [3.63, 3.8) is 0 Å². The van der Waals surface area contributed by atoms with Gasteiger partial charge in [0.05, 0.1) is 5.92 Å². The van der Waals surface area contributed by atoms with E-state index in [9.17, 15) is 4.79 Å². The summed E-state index contributed by atoms with van der Waals surface area (Å²) in [5.41, 5.74) is 1.68. The smallest absolute Gasteiger partial charge is 0.306 e. The van der Waals surface area contributed by atoms with E-state index in [1.165, 1.54) is 5.57 Å². The van der Waals surface area contributed by atoms with E-state index >= 15 is 0 Å². The molecular weight excluding hydrogens is 300 g/mol. The molecule has 2 unspecified atom stereocenters. The Kier molecular flexibility index (Phi) is 8.51. The number of hydrogen-bond donors (Lipinski definition) is 2. The van der Waals surface area contributed by atoms with Crippen molar-refractivity contribution in [1.82, 2.24) is 9.97 Å². The highest BCUT2D eigenvalue weighted by molar-refractivity contribution is 5.69. The van der Waals surface area contributed by atoms with Crippen molar-refractivity contribution in [2.75, 3.05) is 0 Å². The average molecular weight is 332 g/mol. The third-order valence-corrected chi connectivity index (χ3v) is 4.44. The van der Waals surface area contributed by atoms with E-state index in [1.54, 1.807) is 0 Å². The molecule has 4 heteroatoms. The van der Waals surface area contributed by atoms with Crippen LogP contribution in [0.4, 0.5) is 0 Å². The predicted octanol–water partition coefficient (Wildman–Crippen LogP) is 5.15. The summed E-state index contributed by atoms with van der Waals surface area (Å²) in [6, 6.07) is 0. The molecule has 24 heavy (non-hydrogen) atoms. The fraction of sp³-hybridized carbons (Fsp3) is 0.600. The monoisotopic (exact) mass is 332 g/mol. The molecule has 0 bridgehead atoms. The van der Waals surface area contributed by atoms with E-state index in [2.05, 4.69) is 49.0 Å². The van der Waals surface area contributed by atoms with Gasteiger partial charge in [-0.15, -0.1) is 0 Å².